The van der Waals surface area contributed by atoms with Crippen molar-refractivity contribution in [2.45, 2.75) is 24.6 Å². The van der Waals surface area contributed by atoms with Crippen LogP contribution in [0.3, 0.4) is 0 Å². The maximum atomic E-state index is 14.8. The molecule has 3 heterocycles. The molecule has 0 aliphatic carbocycles. The topological polar surface area (TPSA) is 83.8 Å². The first-order valence-electron chi connectivity index (χ1n) is 8.10. The number of anilines is 2. The van der Waals surface area contributed by atoms with E-state index < -0.39 is 30.3 Å². The lowest BCUT2D eigenvalue weighted by Crippen LogP contribution is -2.35. The molecule has 1 unspecified atom stereocenters. The Kier molecular flexibility index (Phi) is 4.35. The summed E-state index contributed by atoms with van der Waals surface area (Å²) < 4.78 is 37.6. The number of halogens is 1. The lowest BCUT2D eigenvalue weighted by Gasteiger charge is -2.23. The molecule has 1 aromatic heterocycles. The minimum atomic E-state index is -1.55. The van der Waals surface area contributed by atoms with E-state index in [2.05, 4.69) is 10.3 Å². The molecule has 0 amide bonds. The zero-order valence-electron chi connectivity index (χ0n) is 14.2. The molecule has 26 heavy (non-hydrogen) atoms. The van der Waals surface area contributed by atoms with Crippen LogP contribution in [0.5, 0.6) is 11.5 Å². The van der Waals surface area contributed by atoms with Crippen LogP contribution < -0.4 is 15.7 Å². The van der Waals surface area contributed by atoms with Crippen LogP contribution in [0.2, 0.25) is 0 Å². The number of para-hydroxylation sites is 2. The molecule has 1 fully saturated rings. The summed E-state index contributed by atoms with van der Waals surface area (Å²) in [4.78, 5) is 16.4. The van der Waals surface area contributed by atoms with Gasteiger partial charge in [0.15, 0.2) is 29.7 Å². The van der Waals surface area contributed by atoms with Crippen molar-refractivity contribution < 1.29 is 23.3 Å². The third kappa shape index (κ3) is 2.74. The highest BCUT2D eigenvalue weighted by molar-refractivity contribution is 5.72. The van der Waals surface area contributed by atoms with Crippen molar-refractivity contribution in [2.24, 2.45) is 0 Å². The fourth-order valence-corrected chi connectivity index (χ4v) is 3.20. The number of benzene rings is 1. The van der Waals surface area contributed by atoms with Crippen LogP contribution in [0.1, 0.15) is 6.23 Å². The van der Waals surface area contributed by atoms with Gasteiger partial charge in [0.2, 0.25) is 0 Å². The van der Waals surface area contributed by atoms with Crippen molar-refractivity contribution in [3.05, 3.63) is 40.9 Å². The van der Waals surface area contributed by atoms with Crippen molar-refractivity contribution >= 4 is 11.5 Å². The highest BCUT2D eigenvalue weighted by Gasteiger charge is 2.47. The number of alkyl halides is 1. The van der Waals surface area contributed by atoms with Gasteiger partial charge >= 0.3 is 5.69 Å². The van der Waals surface area contributed by atoms with Crippen LogP contribution in [-0.2, 0) is 14.2 Å². The Labute approximate surface area is 148 Å². The average molecular weight is 363 g/mol. The summed E-state index contributed by atoms with van der Waals surface area (Å²) in [5, 5.41) is 3.03. The van der Waals surface area contributed by atoms with Crippen LogP contribution in [0.4, 0.5) is 15.9 Å². The molecule has 9 heteroatoms. The first kappa shape index (κ1) is 17.0. The Hall–Kier alpha value is -2.49. The average Bonchev–Trinajstić information content (AvgIpc) is 2.95. The highest BCUT2D eigenvalue weighted by Crippen LogP contribution is 2.41. The number of rotatable bonds is 4. The van der Waals surface area contributed by atoms with Crippen LogP contribution in [0.15, 0.2) is 35.3 Å². The lowest BCUT2D eigenvalue weighted by atomic mass is 10.1. The second kappa shape index (κ2) is 6.67. The number of methoxy groups -OCH3 is 2. The molecule has 0 bridgehead atoms. The van der Waals surface area contributed by atoms with Crippen molar-refractivity contribution in [1.29, 1.82) is 0 Å². The molecular weight excluding hydrogens is 345 g/mol. The van der Waals surface area contributed by atoms with Crippen molar-refractivity contribution in [3.63, 3.8) is 0 Å². The molecule has 1 saturated heterocycles. The summed E-state index contributed by atoms with van der Waals surface area (Å²) in [6.07, 6.45) is -2.81. The van der Waals surface area contributed by atoms with Gasteiger partial charge in [0.25, 0.3) is 0 Å². The fraction of sp³-hybridized carbons (Fsp3) is 0.412. The Morgan fingerprint density at radius 1 is 1.31 bits per heavy atom. The van der Waals surface area contributed by atoms with E-state index in [-0.39, 0.29) is 12.4 Å². The number of nitrogens with zero attached hydrogens (tertiary/aromatic N) is 2. The first-order chi connectivity index (χ1) is 12.6. The standard InChI is InChI=1S/C17H18FN3O5/c1-23-8-12-14(24-2)13(18)16(26-12)21-7-11-15(20-17(21)22)19-9-5-3-4-6-10(9)25-11/h3-7,12-14,16H,8H2,1-2H3,(H,19,20,22)/t12-,13+,14?,16-/m1/s1. The second-order valence-corrected chi connectivity index (χ2v) is 6.03. The number of hydrogen-bond acceptors (Lipinski definition) is 7. The molecule has 4 rings (SSSR count). The summed E-state index contributed by atoms with van der Waals surface area (Å²) in [5.41, 5.74) is 0.0459. The van der Waals surface area contributed by atoms with E-state index >= 15 is 0 Å². The summed E-state index contributed by atoms with van der Waals surface area (Å²) in [7, 11) is 2.88. The first-order valence-corrected chi connectivity index (χ1v) is 8.10. The molecule has 2 aliphatic rings. The van der Waals surface area contributed by atoms with Crippen LogP contribution in [0, 0.1) is 0 Å². The molecule has 1 N–H and O–H groups in total. The van der Waals surface area contributed by atoms with Crippen LogP contribution >= 0.6 is 0 Å². The van der Waals surface area contributed by atoms with E-state index in [1.165, 1.54) is 20.4 Å². The molecule has 2 aromatic rings. The summed E-state index contributed by atoms with van der Waals surface area (Å²) in [6.45, 7) is 0.147. The van der Waals surface area contributed by atoms with Crippen molar-refractivity contribution in [1.82, 2.24) is 9.55 Å². The Morgan fingerprint density at radius 3 is 2.88 bits per heavy atom. The van der Waals surface area contributed by atoms with Gasteiger partial charge in [-0.25, -0.2) is 9.18 Å². The smallest absolute Gasteiger partial charge is 0.352 e. The van der Waals surface area contributed by atoms with Gasteiger partial charge in [-0.15, -0.1) is 0 Å². The maximum Gasteiger partial charge on any atom is 0.352 e. The van der Waals surface area contributed by atoms with Gasteiger partial charge in [0.1, 0.15) is 12.2 Å². The number of ether oxygens (including phenoxy) is 4. The molecular formula is C17H18FN3O5. The SMILES string of the molecule is COC[C@H]1O[C@@H](n2cc3c(nc2=O)Nc2ccccc2O3)[C@@H](F)C1OC. The Morgan fingerprint density at radius 2 is 2.12 bits per heavy atom. The molecule has 2 aliphatic heterocycles. The molecule has 8 nitrogen and oxygen atoms in total. The quantitative estimate of drug-likeness (QED) is 0.759. The van der Waals surface area contributed by atoms with E-state index in [0.717, 1.165) is 4.57 Å². The summed E-state index contributed by atoms with van der Waals surface area (Å²) in [5.74, 6) is 1.17. The van der Waals surface area contributed by atoms with Gasteiger partial charge in [-0.05, 0) is 12.1 Å². The maximum absolute atomic E-state index is 14.8. The molecule has 138 valence electrons. The van der Waals surface area contributed by atoms with Crippen LogP contribution in [0.25, 0.3) is 0 Å². The monoisotopic (exact) mass is 363 g/mol. The van der Waals surface area contributed by atoms with E-state index in [1.54, 1.807) is 6.07 Å². The van der Waals surface area contributed by atoms with E-state index in [1.807, 2.05) is 18.2 Å². The van der Waals surface area contributed by atoms with Gasteiger partial charge < -0.3 is 24.3 Å². The zero-order valence-corrected chi connectivity index (χ0v) is 14.2. The van der Waals surface area contributed by atoms with E-state index in [4.69, 9.17) is 18.9 Å². The van der Waals surface area contributed by atoms with E-state index in [0.29, 0.717) is 17.2 Å². The lowest BCUT2D eigenvalue weighted by molar-refractivity contribution is -0.0625. The van der Waals surface area contributed by atoms with Gasteiger partial charge in [-0.3, -0.25) is 4.57 Å². The predicted octanol–water partition coefficient (Wildman–Crippen LogP) is 1.99. The summed E-state index contributed by atoms with van der Waals surface area (Å²) >= 11 is 0. The Bertz CT molecular complexity index is 874. The normalized spacial score (nSPS) is 26.6. The van der Waals surface area contributed by atoms with Crippen molar-refractivity contribution in [2.75, 3.05) is 26.1 Å². The van der Waals surface area contributed by atoms with Crippen molar-refractivity contribution in [3.8, 4) is 11.5 Å². The third-order valence-corrected chi connectivity index (χ3v) is 4.42. The zero-order chi connectivity index (χ0) is 18.3. The predicted molar refractivity (Wildman–Crippen MR) is 89.8 cm³/mol. The van der Waals surface area contributed by atoms with Crippen LogP contribution in [-0.4, -0.2) is 48.8 Å². The molecule has 4 atom stereocenters. The number of hydrogen-bond donors (Lipinski definition) is 1. The minimum Gasteiger partial charge on any atom is -0.450 e. The molecule has 0 spiro atoms. The Balaban J connectivity index is 1.68. The second-order valence-electron chi connectivity index (χ2n) is 6.03. The summed E-state index contributed by atoms with van der Waals surface area (Å²) in [6, 6.07) is 7.25. The van der Waals surface area contributed by atoms with E-state index in [9.17, 15) is 9.18 Å². The van der Waals surface area contributed by atoms with Gasteiger partial charge in [-0.1, -0.05) is 12.1 Å². The molecule has 0 radical (unpaired) electrons. The van der Waals surface area contributed by atoms with Gasteiger partial charge in [0.05, 0.1) is 18.5 Å². The molecule has 1 aromatic carbocycles. The number of fused-ring (bicyclic) bond motifs is 2. The number of nitrogens with one attached hydrogen (secondary N) is 1. The molecule has 0 saturated carbocycles. The highest BCUT2D eigenvalue weighted by atomic mass is 19.1. The van der Waals surface area contributed by atoms with Gasteiger partial charge in [0, 0.05) is 14.2 Å². The number of aromatic nitrogens is 2. The minimum absolute atomic E-state index is 0.147. The fourth-order valence-electron chi connectivity index (χ4n) is 3.20. The largest absolute Gasteiger partial charge is 0.450 e. The van der Waals surface area contributed by atoms with Gasteiger partial charge in [-0.2, -0.15) is 4.98 Å². The third-order valence-electron chi connectivity index (χ3n) is 4.42.